The molecule has 0 unspecified atom stereocenters. The van der Waals surface area contributed by atoms with Crippen molar-refractivity contribution in [2.75, 3.05) is 13.1 Å². The van der Waals surface area contributed by atoms with E-state index in [9.17, 15) is 4.39 Å². The fourth-order valence-electron chi connectivity index (χ4n) is 2.78. The van der Waals surface area contributed by atoms with Crippen LogP contribution in [0.3, 0.4) is 0 Å². The second-order valence-corrected chi connectivity index (χ2v) is 5.53. The van der Waals surface area contributed by atoms with Gasteiger partial charge < -0.3 is 0 Å². The average Bonchev–Trinajstić information content (AvgIpc) is 2.57. The van der Waals surface area contributed by atoms with Gasteiger partial charge in [0.05, 0.1) is 11.6 Å². The lowest BCUT2D eigenvalue weighted by Crippen LogP contribution is -2.28. The van der Waals surface area contributed by atoms with Gasteiger partial charge >= 0.3 is 0 Å². The Bertz CT molecular complexity index is 726. The molecule has 0 amide bonds. The Kier molecular flexibility index (Phi) is 4.32. The quantitative estimate of drug-likeness (QED) is 0.855. The van der Waals surface area contributed by atoms with Crippen molar-refractivity contribution in [3.05, 3.63) is 77.1 Å². The van der Waals surface area contributed by atoms with Gasteiger partial charge in [-0.25, -0.2) is 4.39 Å². The summed E-state index contributed by atoms with van der Waals surface area (Å²) in [6.45, 7) is 2.70. The van der Waals surface area contributed by atoms with Gasteiger partial charge in [0.25, 0.3) is 0 Å². The molecule has 0 N–H and O–H groups in total. The van der Waals surface area contributed by atoms with E-state index in [0.29, 0.717) is 5.56 Å². The molecule has 0 aliphatic carbocycles. The summed E-state index contributed by atoms with van der Waals surface area (Å²) in [6.07, 6.45) is 3.18. The Morgan fingerprint density at radius 3 is 2.64 bits per heavy atom. The van der Waals surface area contributed by atoms with Gasteiger partial charge in [-0.15, -0.1) is 0 Å². The Balaban J connectivity index is 1.65. The first-order chi connectivity index (χ1) is 10.7. The first kappa shape index (κ1) is 14.5. The lowest BCUT2D eigenvalue weighted by atomic mass is 9.99. The zero-order valence-corrected chi connectivity index (χ0v) is 12.3. The number of hydrogen-bond donors (Lipinski definition) is 0. The molecule has 110 valence electrons. The van der Waals surface area contributed by atoms with Crippen LogP contribution in [0.5, 0.6) is 0 Å². The normalized spacial score (nSPS) is 15.2. The van der Waals surface area contributed by atoms with Gasteiger partial charge in [-0.3, -0.25) is 4.90 Å². The third-order valence-electron chi connectivity index (χ3n) is 3.97. The molecule has 2 aromatic carbocycles. The predicted octanol–water partition coefficient (Wildman–Crippen LogP) is 3.99. The number of halogens is 1. The SMILES string of the molecule is N#Cc1cccc(CN2CC=C(c3ccc(F)cc3)CC2)c1. The van der Waals surface area contributed by atoms with Gasteiger partial charge in [0, 0.05) is 19.6 Å². The summed E-state index contributed by atoms with van der Waals surface area (Å²) in [4.78, 5) is 2.35. The van der Waals surface area contributed by atoms with E-state index in [0.717, 1.165) is 37.2 Å². The summed E-state index contributed by atoms with van der Waals surface area (Å²) in [6, 6.07) is 16.6. The van der Waals surface area contributed by atoms with Gasteiger partial charge in [0.1, 0.15) is 5.82 Å². The molecule has 1 aliphatic heterocycles. The maximum Gasteiger partial charge on any atom is 0.123 e. The molecule has 22 heavy (non-hydrogen) atoms. The Morgan fingerprint density at radius 1 is 1.14 bits per heavy atom. The Labute approximate surface area is 130 Å². The second kappa shape index (κ2) is 6.55. The fourth-order valence-corrected chi connectivity index (χ4v) is 2.78. The highest BCUT2D eigenvalue weighted by atomic mass is 19.1. The van der Waals surface area contributed by atoms with E-state index >= 15 is 0 Å². The van der Waals surface area contributed by atoms with Crippen molar-refractivity contribution in [3.8, 4) is 6.07 Å². The van der Waals surface area contributed by atoms with Crippen LogP contribution in [0.4, 0.5) is 4.39 Å². The van der Waals surface area contributed by atoms with Crippen molar-refractivity contribution in [2.45, 2.75) is 13.0 Å². The van der Waals surface area contributed by atoms with E-state index in [1.165, 1.54) is 17.7 Å². The van der Waals surface area contributed by atoms with Gasteiger partial charge in [-0.2, -0.15) is 5.26 Å². The van der Waals surface area contributed by atoms with Gasteiger partial charge in [-0.1, -0.05) is 30.3 Å². The van der Waals surface area contributed by atoms with Crippen molar-refractivity contribution in [3.63, 3.8) is 0 Å². The smallest absolute Gasteiger partial charge is 0.123 e. The molecular formula is C19H17FN2. The minimum Gasteiger partial charge on any atom is -0.295 e. The monoisotopic (exact) mass is 292 g/mol. The van der Waals surface area contributed by atoms with Gasteiger partial charge in [0.15, 0.2) is 0 Å². The highest BCUT2D eigenvalue weighted by Gasteiger charge is 2.13. The molecular weight excluding hydrogens is 275 g/mol. The highest BCUT2D eigenvalue weighted by Crippen LogP contribution is 2.23. The van der Waals surface area contributed by atoms with E-state index < -0.39 is 0 Å². The average molecular weight is 292 g/mol. The van der Waals surface area contributed by atoms with Crippen LogP contribution in [0.25, 0.3) is 5.57 Å². The van der Waals surface area contributed by atoms with Gasteiger partial charge in [0.2, 0.25) is 0 Å². The molecule has 3 rings (SSSR count). The molecule has 2 nitrogen and oxygen atoms in total. The van der Waals surface area contributed by atoms with Crippen LogP contribution in [-0.2, 0) is 6.54 Å². The van der Waals surface area contributed by atoms with Crippen LogP contribution in [0.15, 0.2) is 54.6 Å². The van der Waals surface area contributed by atoms with Crippen LogP contribution in [0, 0.1) is 17.1 Å². The van der Waals surface area contributed by atoms with Crippen molar-refractivity contribution < 1.29 is 4.39 Å². The lowest BCUT2D eigenvalue weighted by molar-refractivity contribution is 0.294. The van der Waals surface area contributed by atoms with Crippen LogP contribution in [0.2, 0.25) is 0 Å². The molecule has 0 saturated heterocycles. The van der Waals surface area contributed by atoms with Gasteiger partial charge in [-0.05, 0) is 47.4 Å². The Hall–Kier alpha value is -2.44. The minimum absolute atomic E-state index is 0.195. The van der Waals surface area contributed by atoms with Crippen molar-refractivity contribution in [1.82, 2.24) is 4.90 Å². The molecule has 0 bridgehead atoms. The van der Waals surface area contributed by atoms with Crippen molar-refractivity contribution in [1.29, 1.82) is 5.26 Å². The maximum atomic E-state index is 13.0. The predicted molar refractivity (Wildman–Crippen MR) is 85.4 cm³/mol. The molecule has 3 heteroatoms. The zero-order chi connectivity index (χ0) is 15.4. The van der Waals surface area contributed by atoms with E-state index in [-0.39, 0.29) is 5.82 Å². The number of nitriles is 1. The summed E-state index contributed by atoms with van der Waals surface area (Å²) in [7, 11) is 0. The molecule has 1 aliphatic rings. The number of rotatable bonds is 3. The second-order valence-electron chi connectivity index (χ2n) is 5.53. The maximum absolute atomic E-state index is 13.0. The van der Waals surface area contributed by atoms with Crippen LogP contribution in [-0.4, -0.2) is 18.0 Å². The summed E-state index contributed by atoms with van der Waals surface area (Å²) in [5, 5.41) is 8.95. The van der Waals surface area contributed by atoms with Crippen LogP contribution < -0.4 is 0 Å². The molecule has 0 fully saturated rings. The number of nitrogens with zero attached hydrogens (tertiary/aromatic N) is 2. The molecule has 1 heterocycles. The fraction of sp³-hybridized carbons (Fsp3) is 0.211. The summed E-state index contributed by atoms with van der Waals surface area (Å²) in [5.41, 5.74) is 4.25. The molecule has 0 saturated carbocycles. The van der Waals surface area contributed by atoms with Crippen LogP contribution in [0.1, 0.15) is 23.1 Å². The van der Waals surface area contributed by atoms with E-state index in [1.54, 1.807) is 0 Å². The van der Waals surface area contributed by atoms with E-state index in [1.807, 2.05) is 30.3 Å². The number of hydrogen-bond acceptors (Lipinski definition) is 2. The molecule has 0 spiro atoms. The number of benzene rings is 2. The van der Waals surface area contributed by atoms with Crippen LogP contribution >= 0.6 is 0 Å². The van der Waals surface area contributed by atoms with Crippen molar-refractivity contribution >= 4 is 5.57 Å². The Morgan fingerprint density at radius 2 is 1.95 bits per heavy atom. The third kappa shape index (κ3) is 3.41. The van der Waals surface area contributed by atoms with E-state index in [2.05, 4.69) is 23.1 Å². The first-order valence-corrected chi connectivity index (χ1v) is 7.41. The summed E-state index contributed by atoms with van der Waals surface area (Å²) in [5.74, 6) is -0.195. The standard InChI is InChI=1S/C19H17FN2/c20-19-6-4-17(5-7-19)18-8-10-22(11-9-18)14-16-3-1-2-15(12-16)13-21/h1-8,12H,9-11,14H2. The van der Waals surface area contributed by atoms with Crippen molar-refractivity contribution in [2.24, 2.45) is 0 Å². The van der Waals surface area contributed by atoms with E-state index in [4.69, 9.17) is 5.26 Å². The highest BCUT2D eigenvalue weighted by molar-refractivity contribution is 5.66. The summed E-state index contributed by atoms with van der Waals surface area (Å²) < 4.78 is 13.0. The largest absolute Gasteiger partial charge is 0.295 e. The third-order valence-corrected chi connectivity index (χ3v) is 3.97. The molecule has 0 radical (unpaired) electrons. The molecule has 0 atom stereocenters. The molecule has 2 aromatic rings. The minimum atomic E-state index is -0.195. The topological polar surface area (TPSA) is 27.0 Å². The first-order valence-electron chi connectivity index (χ1n) is 7.41. The zero-order valence-electron chi connectivity index (χ0n) is 12.3. The summed E-state index contributed by atoms with van der Waals surface area (Å²) >= 11 is 0. The lowest BCUT2D eigenvalue weighted by Gasteiger charge is -2.26. The molecule has 0 aromatic heterocycles.